The molecule has 2 heterocycles. The van der Waals surface area contributed by atoms with Crippen LogP contribution in [0.15, 0.2) is 53.5 Å². The molecule has 0 saturated heterocycles. The van der Waals surface area contributed by atoms with Crippen molar-refractivity contribution in [2.75, 3.05) is 0 Å². The number of thiazole rings is 1. The third kappa shape index (κ3) is 2.39. The second-order valence-corrected chi connectivity index (χ2v) is 6.67. The van der Waals surface area contributed by atoms with Gasteiger partial charge < -0.3 is 5.11 Å². The highest BCUT2D eigenvalue weighted by Crippen LogP contribution is 2.34. The van der Waals surface area contributed by atoms with Crippen molar-refractivity contribution < 1.29 is 5.11 Å². The van der Waals surface area contributed by atoms with Gasteiger partial charge >= 0.3 is 0 Å². The van der Waals surface area contributed by atoms with Gasteiger partial charge in [0.05, 0.1) is 16.3 Å². The Labute approximate surface area is 143 Å². The number of aromatic hydroxyl groups is 1. The molecule has 118 valence electrons. The van der Waals surface area contributed by atoms with Gasteiger partial charge in [-0.1, -0.05) is 47.2 Å². The summed E-state index contributed by atoms with van der Waals surface area (Å²) in [4.78, 5) is 5.31. The molecule has 0 unspecified atom stereocenters. The number of aliphatic imine (C=N–C) groups is 1. The summed E-state index contributed by atoms with van der Waals surface area (Å²) in [5.74, 6) is 0.0825. The Morgan fingerprint density at radius 3 is 2.67 bits per heavy atom. The molecule has 24 heavy (non-hydrogen) atoms. The molecule has 0 atom stereocenters. The predicted octanol–water partition coefficient (Wildman–Crippen LogP) is 4.29. The number of rotatable bonds is 2. The summed E-state index contributed by atoms with van der Waals surface area (Å²) in [5, 5.41) is 18.8. The van der Waals surface area contributed by atoms with Crippen LogP contribution in [0.1, 0.15) is 16.0 Å². The Morgan fingerprint density at radius 2 is 1.88 bits per heavy atom. The third-order valence-electron chi connectivity index (χ3n) is 3.98. The molecule has 1 aliphatic heterocycles. The second-order valence-electron chi connectivity index (χ2n) is 5.64. The highest BCUT2D eigenvalue weighted by Gasteiger charge is 2.16. The summed E-state index contributed by atoms with van der Waals surface area (Å²) in [6.45, 7) is 2.01. The number of allylic oxidation sites excluding steroid dienone is 1. The number of fused-ring (bicyclic) bond motifs is 1. The SMILES string of the molecule is Cc1ccc(-n2c(O)c(/C=C3\C=Nc4ccccc43)sc2=N)cc1. The van der Waals surface area contributed by atoms with Gasteiger partial charge in [0, 0.05) is 17.4 Å². The fourth-order valence-electron chi connectivity index (χ4n) is 2.72. The molecule has 1 aliphatic rings. The van der Waals surface area contributed by atoms with Gasteiger partial charge in [-0.3, -0.25) is 15.0 Å². The number of aryl methyl sites for hydroxylation is 1. The maximum atomic E-state index is 10.6. The highest BCUT2D eigenvalue weighted by molar-refractivity contribution is 7.10. The first kappa shape index (κ1) is 14.7. The monoisotopic (exact) mass is 333 g/mol. The number of benzene rings is 2. The minimum Gasteiger partial charge on any atom is -0.493 e. The van der Waals surface area contributed by atoms with Crippen molar-refractivity contribution in [3.05, 3.63) is 69.3 Å². The van der Waals surface area contributed by atoms with Crippen LogP contribution in [0.25, 0.3) is 17.3 Å². The maximum absolute atomic E-state index is 10.6. The van der Waals surface area contributed by atoms with E-state index in [1.54, 1.807) is 10.8 Å². The van der Waals surface area contributed by atoms with E-state index in [0.717, 1.165) is 28.1 Å². The van der Waals surface area contributed by atoms with Gasteiger partial charge in [-0.05, 0) is 31.2 Å². The number of aromatic nitrogens is 1. The van der Waals surface area contributed by atoms with E-state index in [0.29, 0.717) is 4.88 Å². The zero-order valence-electron chi connectivity index (χ0n) is 13.0. The van der Waals surface area contributed by atoms with Gasteiger partial charge in [0.1, 0.15) is 0 Å². The summed E-state index contributed by atoms with van der Waals surface area (Å²) >= 11 is 1.24. The minimum absolute atomic E-state index is 0.0825. The Kier molecular flexibility index (Phi) is 3.43. The lowest BCUT2D eigenvalue weighted by Crippen LogP contribution is -2.09. The molecule has 0 bridgehead atoms. The third-order valence-corrected chi connectivity index (χ3v) is 4.87. The number of para-hydroxylation sites is 1. The Hall–Kier alpha value is -2.92. The fraction of sp³-hybridized carbons (Fsp3) is 0.0526. The molecule has 3 aromatic rings. The molecule has 0 saturated carbocycles. The standard InChI is InChI=1S/C19H15N3OS/c1-12-6-8-14(9-7-12)22-18(23)17(24-19(22)20)10-13-11-21-16-5-3-2-4-15(13)16/h2-11,20,23H,1H3/b13-10+,20-19?. The lowest BCUT2D eigenvalue weighted by molar-refractivity contribution is 0.438. The molecule has 5 heteroatoms. The molecule has 0 fully saturated rings. The van der Waals surface area contributed by atoms with E-state index in [-0.39, 0.29) is 10.7 Å². The van der Waals surface area contributed by atoms with Crippen LogP contribution in [0.4, 0.5) is 5.69 Å². The van der Waals surface area contributed by atoms with Crippen molar-refractivity contribution in [3.8, 4) is 11.6 Å². The minimum atomic E-state index is 0.0825. The molecule has 0 radical (unpaired) electrons. The summed E-state index contributed by atoms with van der Waals surface area (Å²) in [6.07, 6.45) is 3.68. The van der Waals surface area contributed by atoms with Gasteiger partial charge in [0.25, 0.3) is 0 Å². The van der Waals surface area contributed by atoms with E-state index >= 15 is 0 Å². The van der Waals surface area contributed by atoms with Crippen molar-refractivity contribution in [1.29, 1.82) is 5.41 Å². The fourth-order valence-corrected chi connectivity index (χ4v) is 3.58. The van der Waals surface area contributed by atoms with Crippen LogP contribution in [-0.2, 0) is 0 Å². The van der Waals surface area contributed by atoms with Crippen LogP contribution in [0.5, 0.6) is 5.88 Å². The number of hydrogen-bond acceptors (Lipinski definition) is 4. The van der Waals surface area contributed by atoms with Crippen molar-refractivity contribution in [2.24, 2.45) is 4.99 Å². The van der Waals surface area contributed by atoms with Gasteiger partial charge in [-0.25, -0.2) is 0 Å². The average molecular weight is 333 g/mol. The zero-order valence-corrected chi connectivity index (χ0v) is 13.8. The van der Waals surface area contributed by atoms with Crippen LogP contribution < -0.4 is 4.80 Å². The molecule has 0 amide bonds. The molecule has 0 aliphatic carbocycles. The number of nitrogens with zero attached hydrogens (tertiary/aromatic N) is 2. The van der Waals surface area contributed by atoms with Crippen LogP contribution >= 0.6 is 11.3 Å². The maximum Gasteiger partial charge on any atom is 0.215 e. The Bertz CT molecular complexity index is 1040. The van der Waals surface area contributed by atoms with Gasteiger partial charge in [-0.15, -0.1) is 0 Å². The lowest BCUT2D eigenvalue weighted by Gasteiger charge is -2.05. The van der Waals surface area contributed by atoms with E-state index < -0.39 is 0 Å². The first-order valence-corrected chi connectivity index (χ1v) is 8.37. The van der Waals surface area contributed by atoms with Crippen molar-refractivity contribution >= 4 is 34.9 Å². The Morgan fingerprint density at radius 1 is 1.12 bits per heavy atom. The van der Waals surface area contributed by atoms with E-state index in [4.69, 9.17) is 5.41 Å². The van der Waals surface area contributed by atoms with Crippen LogP contribution in [-0.4, -0.2) is 15.9 Å². The van der Waals surface area contributed by atoms with Crippen molar-refractivity contribution in [2.45, 2.75) is 6.92 Å². The largest absolute Gasteiger partial charge is 0.493 e. The number of nitrogens with one attached hydrogen (secondary N) is 1. The number of hydrogen-bond donors (Lipinski definition) is 2. The molecule has 4 nitrogen and oxygen atoms in total. The average Bonchev–Trinajstić information content (AvgIpc) is 3.11. The summed E-state index contributed by atoms with van der Waals surface area (Å²) in [5.41, 5.74) is 4.83. The summed E-state index contributed by atoms with van der Waals surface area (Å²) in [7, 11) is 0. The van der Waals surface area contributed by atoms with Crippen molar-refractivity contribution in [3.63, 3.8) is 0 Å². The topological polar surface area (TPSA) is 61.4 Å². The zero-order chi connectivity index (χ0) is 16.7. The molecule has 1 aromatic heterocycles. The van der Waals surface area contributed by atoms with E-state index in [1.165, 1.54) is 11.3 Å². The van der Waals surface area contributed by atoms with Crippen molar-refractivity contribution in [1.82, 2.24) is 4.57 Å². The molecular formula is C19H15N3OS. The molecule has 2 aromatic carbocycles. The van der Waals surface area contributed by atoms with E-state index in [2.05, 4.69) is 4.99 Å². The van der Waals surface area contributed by atoms with Crippen LogP contribution in [0.3, 0.4) is 0 Å². The first-order valence-electron chi connectivity index (χ1n) is 7.55. The second kappa shape index (κ2) is 5.62. The van der Waals surface area contributed by atoms with Gasteiger partial charge in [0.15, 0.2) is 4.80 Å². The lowest BCUT2D eigenvalue weighted by atomic mass is 10.1. The van der Waals surface area contributed by atoms with Crippen LogP contribution in [0.2, 0.25) is 0 Å². The highest BCUT2D eigenvalue weighted by atomic mass is 32.1. The van der Waals surface area contributed by atoms with Crippen LogP contribution in [0, 0.1) is 12.3 Å². The smallest absolute Gasteiger partial charge is 0.215 e. The van der Waals surface area contributed by atoms with Gasteiger partial charge in [-0.2, -0.15) is 0 Å². The quantitative estimate of drug-likeness (QED) is 0.722. The molecule has 2 N–H and O–H groups in total. The first-order chi connectivity index (χ1) is 11.6. The Balaban J connectivity index is 1.81. The van der Waals surface area contributed by atoms with E-state index in [1.807, 2.05) is 61.5 Å². The predicted molar refractivity (Wildman–Crippen MR) is 98.4 cm³/mol. The molecular weight excluding hydrogens is 318 g/mol. The molecule has 0 spiro atoms. The normalized spacial score (nSPS) is 14.3. The summed E-state index contributed by atoms with van der Waals surface area (Å²) in [6, 6.07) is 15.6. The van der Waals surface area contributed by atoms with Gasteiger partial charge in [0.2, 0.25) is 5.88 Å². The summed E-state index contributed by atoms with van der Waals surface area (Å²) < 4.78 is 1.55. The van der Waals surface area contributed by atoms with E-state index in [9.17, 15) is 5.11 Å². The molecule has 4 rings (SSSR count).